The van der Waals surface area contributed by atoms with E-state index in [1.165, 1.54) is 17.7 Å². The van der Waals surface area contributed by atoms with Crippen molar-refractivity contribution in [3.05, 3.63) is 65.2 Å². The Morgan fingerprint density at radius 2 is 1.67 bits per heavy atom. The van der Waals surface area contributed by atoms with E-state index in [4.69, 9.17) is 0 Å². The standard InChI is InChI=1S/C19H23F2N3/c1-23-8-10-24(11-9-23)14-15-2-6-18(7-3-15)22-13-16-4-5-17(20)12-19(16)21/h2-7,12,22H,8-11,13-14H2,1H3. The molecule has 1 heterocycles. The fourth-order valence-electron chi connectivity index (χ4n) is 2.85. The molecule has 3 rings (SSSR count). The first-order valence-electron chi connectivity index (χ1n) is 8.28. The Labute approximate surface area is 141 Å². The molecule has 3 nitrogen and oxygen atoms in total. The number of anilines is 1. The molecule has 5 heteroatoms. The van der Waals surface area contributed by atoms with Crippen molar-refractivity contribution in [1.82, 2.24) is 9.80 Å². The monoisotopic (exact) mass is 331 g/mol. The minimum Gasteiger partial charge on any atom is -0.381 e. The molecule has 0 saturated carbocycles. The summed E-state index contributed by atoms with van der Waals surface area (Å²) in [5, 5.41) is 3.18. The van der Waals surface area contributed by atoms with Crippen molar-refractivity contribution in [3.63, 3.8) is 0 Å². The number of nitrogens with one attached hydrogen (secondary N) is 1. The van der Waals surface area contributed by atoms with E-state index in [0.717, 1.165) is 44.5 Å². The van der Waals surface area contributed by atoms with Gasteiger partial charge >= 0.3 is 0 Å². The summed E-state index contributed by atoms with van der Waals surface area (Å²) in [6.07, 6.45) is 0. The minimum absolute atomic E-state index is 0.337. The van der Waals surface area contributed by atoms with Gasteiger partial charge < -0.3 is 10.2 Å². The topological polar surface area (TPSA) is 18.5 Å². The van der Waals surface area contributed by atoms with Crippen LogP contribution in [-0.4, -0.2) is 43.0 Å². The van der Waals surface area contributed by atoms with Crippen LogP contribution in [0.1, 0.15) is 11.1 Å². The molecule has 2 aromatic carbocycles. The highest BCUT2D eigenvalue weighted by atomic mass is 19.1. The van der Waals surface area contributed by atoms with E-state index in [-0.39, 0.29) is 0 Å². The lowest BCUT2D eigenvalue weighted by Crippen LogP contribution is -2.43. The summed E-state index contributed by atoms with van der Waals surface area (Å²) in [6, 6.07) is 11.9. The lowest BCUT2D eigenvalue weighted by Gasteiger charge is -2.32. The quantitative estimate of drug-likeness (QED) is 0.907. The summed E-state index contributed by atoms with van der Waals surface area (Å²) in [6.45, 7) is 5.72. The van der Waals surface area contributed by atoms with E-state index < -0.39 is 11.6 Å². The number of likely N-dealkylation sites (N-methyl/N-ethyl adjacent to an activating group) is 1. The average Bonchev–Trinajstić information content (AvgIpc) is 2.57. The van der Waals surface area contributed by atoms with Gasteiger partial charge in [-0.15, -0.1) is 0 Å². The fourth-order valence-corrected chi connectivity index (χ4v) is 2.85. The maximum atomic E-state index is 13.6. The Bertz CT molecular complexity index is 665. The van der Waals surface area contributed by atoms with E-state index in [0.29, 0.717) is 12.1 Å². The maximum absolute atomic E-state index is 13.6. The van der Waals surface area contributed by atoms with Gasteiger partial charge in [-0.3, -0.25) is 4.90 Å². The van der Waals surface area contributed by atoms with Crippen molar-refractivity contribution in [2.24, 2.45) is 0 Å². The summed E-state index contributed by atoms with van der Waals surface area (Å²) in [5.41, 5.74) is 2.66. The van der Waals surface area contributed by atoms with Gasteiger partial charge in [-0.05, 0) is 30.8 Å². The van der Waals surface area contributed by atoms with Gasteiger partial charge in [0.05, 0.1) is 0 Å². The van der Waals surface area contributed by atoms with Crippen LogP contribution in [0.5, 0.6) is 0 Å². The summed E-state index contributed by atoms with van der Waals surface area (Å²) < 4.78 is 26.5. The molecule has 0 amide bonds. The van der Waals surface area contributed by atoms with Gasteiger partial charge in [-0.25, -0.2) is 8.78 Å². The highest BCUT2D eigenvalue weighted by Gasteiger charge is 2.13. The Kier molecular flexibility index (Phi) is 5.43. The molecule has 0 aliphatic carbocycles. The zero-order chi connectivity index (χ0) is 16.9. The molecule has 1 aliphatic heterocycles. The van der Waals surface area contributed by atoms with Gasteiger partial charge in [0.2, 0.25) is 0 Å². The maximum Gasteiger partial charge on any atom is 0.131 e. The van der Waals surface area contributed by atoms with Crippen molar-refractivity contribution in [3.8, 4) is 0 Å². The van der Waals surface area contributed by atoms with Gasteiger partial charge in [0, 0.05) is 56.6 Å². The number of piperazine rings is 1. The van der Waals surface area contributed by atoms with Gasteiger partial charge in [-0.1, -0.05) is 18.2 Å². The van der Waals surface area contributed by atoms with Crippen molar-refractivity contribution >= 4 is 5.69 Å². The molecule has 0 bridgehead atoms. The van der Waals surface area contributed by atoms with Crippen LogP contribution < -0.4 is 5.32 Å². The number of nitrogens with zero attached hydrogens (tertiary/aromatic N) is 2. The van der Waals surface area contributed by atoms with Crippen LogP contribution >= 0.6 is 0 Å². The molecular weight excluding hydrogens is 308 g/mol. The van der Waals surface area contributed by atoms with Gasteiger partial charge in [0.15, 0.2) is 0 Å². The molecule has 2 aromatic rings. The van der Waals surface area contributed by atoms with Crippen LogP contribution in [0.3, 0.4) is 0 Å². The molecule has 0 unspecified atom stereocenters. The molecule has 1 aliphatic rings. The van der Waals surface area contributed by atoms with Crippen LogP contribution in [0, 0.1) is 11.6 Å². The second-order valence-electron chi connectivity index (χ2n) is 6.37. The van der Waals surface area contributed by atoms with E-state index in [1.54, 1.807) is 0 Å². The summed E-state index contributed by atoms with van der Waals surface area (Å²) in [5.74, 6) is -1.07. The third kappa shape index (κ3) is 4.52. The Balaban J connectivity index is 1.52. The number of hydrogen-bond acceptors (Lipinski definition) is 3. The zero-order valence-corrected chi connectivity index (χ0v) is 13.9. The van der Waals surface area contributed by atoms with E-state index in [1.807, 2.05) is 12.1 Å². The Morgan fingerprint density at radius 1 is 0.958 bits per heavy atom. The highest BCUT2D eigenvalue weighted by molar-refractivity contribution is 5.45. The molecule has 1 saturated heterocycles. The van der Waals surface area contributed by atoms with E-state index in [2.05, 4.69) is 34.3 Å². The fraction of sp³-hybridized carbons (Fsp3) is 0.368. The summed E-state index contributed by atoms with van der Waals surface area (Å²) in [7, 11) is 2.15. The summed E-state index contributed by atoms with van der Waals surface area (Å²) in [4.78, 5) is 4.80. The van der Waals surface area contributed by atoms with Crippen molar-refractivity contribution in [2.75, 3.05) is 38.5 Å². The van der Waals surface area contributed by atoms with Crippen molar-refractivity contribution < 1.29 is 8.78 Å². The predicted octanol–water partition coefficient (Wildman–Crippen LogP) is 3.32. The van der Waals surface area contributed by atoms with Crippen LogP contribution in [0.25, 0.3) is 0 Å². The minimum atomic E-state index is -0.551. The Morgan fingerprint density at radius 3 is 2.33 bits per heavy atom. The number of hydrogen-bond donors (Lipinski definition) is 1. The molecular formula is C19H23F2N3. The number of halogens is 2. The number of rotatable bonds is 5. The SMILES string of the molecule is CN1CCN(Cc2ccc(NCc3ccc(F)cc3F)cc2)CC1. The van der Waals surface area contributed by atoms with Gasteiger partial charge in [0.25, 0.3) is 0 Å². The van der Waals surface area contributed by atoms with E-state index >= 15 is 0 Å². The van der Waals surface area contributed by atoms with Crippen LogP contribution in [0.4, 0.5) is 14.5 Å². The molecule has 0 spiro atoms. The predicted molar refractivity (Wildman–Crippen MR) is 92.9 cm³/mol. The normalized spacial score (nSPS) is 16.3. The van der Waals surface area contributed by atoms with Gasteiger partial charge in [0.1, 0.15) is 11.6 Å². The lowest BCUT2D eigenvalue weighted by molar-refractivity contribution is 0.148. The molecule has 0 atom stereocenters. The van der Waals surface area contributed by atoms with Gasteiger partial charge in [-0.2, -0.15) is 0 Å². The molecule has 24 heavy (non-hydrogen) atoms. The third-order valence-electron chi connectivity index (χ3n) is 4.45. The molecule has 1 N–H and O–H groups in total. The van der Waals surface area contributed by atoms with Crippen LogP contribution in [0.15, 0.2) is 42.5 Å². The summed E-state index contributed by atoms with van der Waals surface area (Å²) >= 11 is 0. The molecule has 0 aromatic heterocycles. The first-order valence-corrected chi connectivity index (χ1v) is 8.28. The zero-order valence-electron chi connectivity index (χ0n) is 13.9. The van der Waals surface area contributed by atoms with Crippen LogP contribution in [0.2, 0.25) is 0 Å². The first-order chi connectivity index (χ1) is 11.6. The second-order valence-corrected chi connectivity index (χ2v) is 6.37. The molecule has 0 radical (unpaired) electrons. The smallest absolute Gasteiger partial charge is 0.131 e. The molecule has 1 fully saturated rings. The largest absolute Gasteiger partial charge is 0.381 e. The second kappa shape index (κ2) is 7.73. The highest BCUT2D eigenvalue weighted by Crippen LogP contribution is 2.15. The van der Waals surface area contributed by atoms with E-state index in [9.17, 15) is 8.78 Å². The third-order valence-corrected chi connectivity index (χ3v) is 4.45. The van der Waals surface area contributed by atoms with Crippen molar-refractivity contribution in [2.45, 2.75) is 13.1 Å². The average molecular weight is 331 g/mol. The first kappa shape index (κ1) is 16.9. The Hall–Kier alpha value is -1.98. The number of benzene rings is 2. The lowest BCUT2D eigenvalue weighted by atomic mass is 10.1. The van der Waals surface area contributed by atoms with Crippen molar-refractivity contribution in [1.29, 1.82) is 0 Å². The molecule has 128 valence electrons. The van der Waals surface area contributed by atoms with Crippen LogP contribution in [-0.2, 0) is 13.1 Å².